The van der Waals surface area contributed by atoms with E-state index in [9.17, 15) is 0 Å². The lowest BCUT2D eigenvalue weighted by Gasteiger charge is -2.34. The average Bonchev–Trinajstić information content (AvgIpc) is 1.98. The van der Waals surface area contributed by atoms with Crippen molar-refractivity contribution in [3.63, 3.8) is 0 Å². The lowest BCUT2D eigenvalue weighted by atomic mass is 9.99. The second-order valence-corrected chi connectivity index (χ2v) is 9.14. The maximum Gasteiger partial charge on any atom is 0.184 e. The third-order valence-electron chi connectivity index (χ3n) is 1.74. The van der Waals surface area contributed by atoms with Gasteiger partial charge >= 0.3 is 0 Å². The fraction of sp³-hybridized carbons (Fsp3) is 0.667. The Kier molecular flexibility index (Phi) is 5.18. The molecule has 0 aromatic heterocycles. The molecule has 0 aromatic carbocycles. The third-order valence-corrected chi connectivity index (χ3v) is 2.85. The molecule has 79 valence electrons. The molecule has 1 unspecified atom stereocenters. The lowest BCUT2D eigenvalue weighted by Crippen LogP contribution is -2.40. The van der Waals surface area contributed by atoms with Crippen molar-refractivity contribution in [1.82, 2.24) is 0 Å². The summed E-state index contributed by atoms with van der Waals surface area (Å²) in [5.74, 6) is 5.97. The van der Waals surface area contributed by atoms with Crippen LogP contribution in [0.5, 0.6) is 0 Å². The van der Waals surface area contributed by atoms with E-state index in [1.165, 1.54) is 0 Å². The minimum absolute atomic E-state index is 0.206. The second-order valence-electron chi connectivity index (χ2n) is 4.71. The summed E-state index contributed by atoms with van der Waals surface area (Å²) >= 11 is 0. The van der Waals surface area contributed by atoms with Crippen LogP contribution in [0.4, 0.5) is 0 Å². The highest BCUT2D eigenvalue weighted by Crippen LogP contribution is 2.25. The smallest absolute Gasteiger partial charge is 0.184 e. The summed E-state index contributed by atoms with van der Waals surface area (Å²) < 4.78 is 6.09. The van der Waals surface area contributed by atoms with Crippen LogP contribution < -0.4 is 0 Å². The van der Waals surface area contributed by atoms with E-state index in [2.05, 4.69) is 38.4 Å². The Morgan fingerprint density at radius 1 is 1.43 bits per heavy atom. The Hall–Kier alpha value is -0.523. The summed E-state index contributed by atoms with van der Waals surface area (Å²) in [7, 11) is -1.52. The van der Waals surface area contributed by atoms with Crippen LogP contribution in [-0.2, 0) is 4.43 Å². The topological polar surface area (TPSA) is 9.23 Å². The van der Waals surface area contributed by atoms with Crippen LogP contribution in [0.2, 0.25) is 19.6 Å². The molecule has 0 N–H and O–H groups in total. The summed E-state index contributed by atoms with van der Waals surface area (Å²) in [5, 5.41) is 0. The Morgan fingerprint density at radius 3 is 2.36 bits per heavy atom. The first-order valence-corrected chi connectivity index (χ1v) is 8.37. The van der Waals surface area contributed by atoms with Crippen LogP contribution >= 0.6 is 0 Å². The first-order chi connectivity index (χ1) is 6.33. The van der Waals surface area contributed by atoms with E-state index in [0.717, 1.165) is 12.8 Å². The van der Waals surface area contributed by atoms with Gasteiger partial charge in [0.1, 0.15) is 0 Å². The van der Waals surface area contributed by atoms with Gasteiger partial charge in [0, 0.05) is 6.42 Å². The number of hydrogen-bond acceptors (Lipinski definition) is 1. The van der Waals surface area contributed by atoms with Gasteiger partial charge in [0.25, 0.3) is 0 Å². The van der Waals surface area contributed by atoms with Gasteiger partial charge in [-0.25, -0.2) is 0 Å². The molecule has 0 spiro atoms. The van der Waals surface area contributed by atoms with Gasteiger partial charge in [0.15, 0.2) is 8.32 Å². The van der Waals surface area contributed by atoms with E-state index in [1.807, 2.05) is 6.92 Å². The molecule has 0 bridgehead atoms. The first-order valence-electron chi connectivity index (χ1n) is 4.96. The Labute approximate surface area is 89.7 Å². The summed E-state index contributed by atoms with van der Waals surface area (Å²) in [6.45, 7) is 15.9. The van der Waals surface area contributed by atoms with Gasteiger partial charge < -0.3 is 4.43 Å². The zero-order valence-electron chi connectivity index (χ0n) is 9.98. The fourth-order valence-electron chi connectivity index (χ4n) is 1.41. The van der Waals surface area contributed by atoms with Crippen molar-refractivity contribution in [3.8, 4) is 11.8 Å². The third kappa shape index (κ3) is 6.01. The molecule has 14 heavy (non-hydrogen) atoms. The number of rotatable bonds is 5. The summed E-state index contributed by atoms with van der Waals surface area (Å²) in [6, 6.07) is 0. The van der Waals surface area contributed by atoms with Gasteiger partial charge in [-0.3, -0.25) is 0 Å². The molecule has 0 heterocycles. The standard InChI is InChI=1S/C12H21OSi/c1-7-9-11-12(3,10-8-2)13-14(4,5)6/h2,8H,10-11H2,1,3-6H3. The predicted molar refractivity (Wildman–Crippen MR) is 64.4 cm³/mol. The lowest BCUT2D eigenvalue weighted by molar-refractivity contribution is 0.0892. The molecule has 0 amide bonds. The van der Waals surface area contributed by atoms with Gasteiger partial charge in [-0.2, -0.15) is 0 Å². The minimum atomic E-state index is -1.52. The molecule has 0 fully saturated rings. The molecule has 0 saturated heterocycles. The van der Waals surface area contributed by atoms with Gasteiger partial charge in [-0.15, -0.1) is 11.8 Å². The van der Waals surface area contributed by atoms with E-state index < -0.39 is 8.32 Å². The van der Waals surface area contributed by atoms with Crippen molar-refractivity contribution in [2.24, 2.45) is 0 Å². The fourth-order valence-corrected chi connectivity index (χ4v) is 3.05. The van der Waals surface area contributed by atoms with Crippen LogP contribution in [-0.4, -0.2) is 13.9 Å². The molecular formula is C12H21OSi. The summed E-state index contributed by atoms with van der Waals surface area (Å²) in [4.78, 5) is 0. The van der Waals surface area contributed by atoms with Crippen molar-refractivity contribution >= 4 is 8.32 Å². The molecule has 0 aromatic rings. The molecule has 1 atom stereocenters. The Balaban J connectivity index is 4.50. The highest BCUT2D eigenvalue weighted by atomic mass is 28.4. The highest BCUT2D eigenvalue weighted by Gasteiger charge is 2.29. The molecule has 0 aliphatic carbocycles. The minimum Gasteiger partial charge on any atom is -0.411 e. The highest BCUT2D eigenvalue weighted by molar-refractivity contribution is 6.69. The van der Waals surface area contributed by atoms with E-state index in [4.69, 9.17) is 11.0 Å². The van der Waals surface area contributed by atoms with Crippen molar-refractivity contribution in [3.05, 3.63) is 12.7 Å². The largest absolute Gasteiger partial charge is 0.411 e. The molecule has 1 radical (unpaired) electrons. The SMILES string of the molecule is [CH]=CCC(C)(CC#CC)O[Si](C)(C)C. The van der Waals surface area contributed by atoms with Crippen molar-refractivity contribution < 1.29 is 4.43 Å². The van der Waals surface area contributed by atoms with Gasteiger partial charge in [0.05, 0.1) is 5.60 Å². The first kappa shape index (κ1) is 13.5. The monoisotopic (exact) mass is 209 g/mol. The molecular weight excluding hydrogens is 188 g/mol. The Bertz CT molecular complexity index is 241. The normalized spacial score (nSPS) is 15.2. The van der Waals surface area contributed by atoms with Crippen molar-refractivity contribution in [2.75, 3.05) is 0 Å². The molecule has 0 aliphatic heterocycles. The van der Waals surface area contributed by atoms with E-state index >= 15 is 0 Å². The van der Waals surface area contributed by atoms with E-state index in [-0.39, 0.29) is 5.60 Å². The molecule has 0 aliphatic rings. The van der Waals surface area contributed by atoms with Gasteiger partial charge in [-0.05, 0) is 39.9 Å². The van der Waals surface area contributed by atoms with E-state index in [0.29, 0.717) is 0 Å². The van der Waals surface area contributed by atoms with Crippen LogP contribution in [0.25, 0.3) is 0 Å². The Morgan fingerprint density at radius 2 is 2.00 bits per heavy atom. The molecule has 0 saturated carbocycles. The van der Waals surface area contributed by atoms with Crippen LogP contribution in [0.15, 0.2) is 6.08 Å². The molecule has 1 nitrogen and oxygen atoms in total. The second kappa shape index (κ2) is 5.38. The number of hydrogen-bond donors (Lipinski definition) is 0. The van der Waals surface area contributed by atoms with E-state index in [1.54, 1.807) is 6.08 Å². The summed E-state index contributed by atoms with van der Waals surface area (Å²) in [5.41, 5.74) is -0.206. The van der Waals surface area contributed by atoms with Gasteiger partial charge in [-0.1, -0.05) is 12.7 Å². The maximum atomic E-state index is 6.09. The molecule has 0 rings (SSSR count). The zero-order valence-corrected chi connectivity index (χ0v) is 11.0. The van der Waals surface area contributed by atoms with Crippen molar-refractivity contribution in [2.45, 2.75) is 51.9 Å². The predicted octanol–water partition coefficient (Wildman–Crippen LogP) is 3.39. The van der Waals surface area contributed by atoms with Crippen molar-refractivity contribution in [1.29, 1.82) is 0 Å². The van der Waals surface area contributed by atoms with Crippen LogP contribution in [0.1, 0.15) is 26.7 Å². The maximum absolute atomic E-state index is 6.09. The van der Waals surface area contributed by atoms with Crippen LogP contribution in [0.3, 0.4) is 0 Å². The quantitative estimate of drug-likeness (QED) is 0.498. The van der Waals surface area contributed by atoms with Crippen LogP contribution in [0, 0.1) is 18.4 Å². The molecule has 2 heteroatoms. The van der Waals surface area contributed by atoms with Gasteiger partial charge in [0.2, 0.25) is 0 Å². The average molecular weight is 209 g/mol. The zero-order chi connectivity index (χ0) is 11.2. The summed E-state index contributed by atoms with van der Waals surface area (Å²) in [6.07, 6.45) is 3.17.